The SMILES string of the molecule is COC(=O)c1ncsc1N1CC2CCC(C1)N2C(=O)Cn1cnc2cccnc21. The largest absolute Gasteiger partial charge is 0.464 e. The standard InChI is InChI=1S/C19H20N6O3S/c1-28-19(27)16-18(29-11-22-16)23-7-12-4-5-13(8-23)25(12)15(26)9-24-10-21-14-3-2-6-20-17(14)24/h2-3,6,10-13H,4-5,7-9H2,1H3. The van der Waals surface area contributed by atoms with Crippen molar-refractivity contribution in [3.8, 4) is 0 Å². The van der Waals surface area contributed by atoms with Gasteiger partial charge in [-0.3, -0.25) is 4.79 Å². The Morgan fingerprint density at radius 2 is 2.00 bits per heavy atom. The van der Waals surface area contributed by atoms with Crippen LogP contribution >= 0.6 is 11.3 Å². The number of thiazole rings is 1. The summed E-state index contributed by atoms with van der Waals surface area (Å²) >= 11 is 1.44. The summed E-state index contributed by atoms with van der Waals surface area (Å²) in [5, 5.41) is 0.825. The average Bonchev–Trinajstić information content (AvgIpc) is 3.44. The number of imidazole rings is 1. The van der Waals surface area contributed by atoms with Crippen molar-refractivity contribution in [1.82, 2.24) is 24.4 Å². The molecule has 0 N–H and O–H groups in total. The number of carbonyl (C=O) groups excluding carboxylic acids is 2. The highest BCUT2D eigenvalue weighted by Gasteiger charge is 2.43. The number of fused-ring (bicyclic) bond motifs is 3. The number of ether oxygens (including phenoxy) is 1. The van der Waals surface area contributed by atoms with Crippen molar-refractivity contribution in [3.63, 3.8) is 0 Å². The van der Waals surface area contributed by atoms with E-state index in [1.165, 1.54) is 18.4 Å². The number of anilines is 1. The molecule has 5 heterocycles. The smallest absolute Gasteiger partial charge is 0.359 e. The van der Waals surface area contributed by atoms with Crippen LogP contribution in [0.3, 0.4) is 0 Å². The molecule has 1 amide bonds. The molecule has 2 atom stereocenters. The summed E-state index contributed by atoms with van der Waals surface area (Å²) in [5.41, 5.74) is 3.53. The van der Waals surface area contributed by atoms with E-state index in [1.807, 2.05) is 21.6 Å². The molecule has 2 saturated heterocycles. The molecule has 3 aromatic heterocycles. The van der Waals surface area contributed by atoms with Gasteiger partial charge in [-0.05, 0) is 25.0 Å². The van der Waals surface area contributed by atoms with Crippen LogP contribution < -0.4 is 4.90 Å². The summed E-state index contributed by atoms with van der Waals surface area (Å²) in [5.74, 6) is -0.341. The summed E-state index contributed by atoms with van der Waals surface area (Å²) in [6, 6.07) is 3.97. The minimum Gasteiger partial charge on any atom is -0.464 e. The average molecular weight is 412 g/mol. The maximum atomic E-state index is 13.1. The second kappa shape index (κ2) is 7.11. The topological polar surface area (TPSA) is 93.5 Å². The van der Waals surface area contributed by atoms with Gasteiger partial charge in [-0.15, -0.1) is 11.3 Å². The highest BCUT2D eigenvalue weighted by Crippen LogP contribution is 2.36. The first-order chi connectivity index (χ1) is 14.2. The molecular weight excluding hydrogens is 392 g/mol. The molecule has 2 fully saturated rings. The number of pyridine rings is 1. The van der Waals surface area contributed by atoms with E-state index in [-0.39, 0.29) is 24.5 Å². The van der Waals surface area contributed by atoms with Gasteiger partial charge in [-0.1, -0.05) is 0 Å². The van der Waals surface area contributed by atoms with Crippen LogP contribution in [0.1, 0.15) is 23.3 Å². The number of methoxy groups -OCH3 is 1. The summed E-state index contributed by atoms with van der Waals surface area (Å²) in [6.45, 7) is 1.61. The molecule has 0 aromatic carbocycles. The molecule has 0 aliphatic carbocycles. The Hall–Kier alpha value is -3.01. The molecule has 9 nitrogen and oxygen atoms in total. The number of amides is 1. The van der Waals surface area contributed by atoms with E-state index in [0.29, 0.717) is 18.8 Å². The van der Waals surface area contributed by atoms with Crippen molar-refractivity contribution in [2.24, 2.45) is 0 Å². The number of carbonyl (C=O) groups is 2. The lowest BCUT2D eigenvalue weighted by Crippen LogP contribution is -2.56. The summed E-state index contributed by atoms with van der Waals surface area (Å²) < 4.78 is 6.66. The molecule has 10 heteroatoms. The molecule has 150 valence electrons. The lowest BCUT2D eigenvalue weighted by molar-refractivity contribution is -0.135. The maximum Gasteiger partial charge on any atom is 0.359 e. The van der Waals surface area contributed by atoms with E-state index >= 15 is 0 Å². The Balaban J connectivity index is 1.34. The van der Waals surface area contributed by atoms with Crippen molar-refractivity contribution >= 4 is 39.4 Å². The van der Waals surface area contributed by atoms with Crippen molar-refractivity contribution in [3.05, 3.63) is 35.9 Å². The number of hydrogen-bond donors (Lipinski definition) is 0. The van der Waals surface area contributed by atoms with Gasteiger partial charge in [-0.25, -0.2) is 19.7 Å². The van der Waals surface area contributed by atoms with E-state index in [1.54, 1.807) is 18.0 Å². The lowest BCUT2D eigenvalue weighted by atomic mass is 10.2. The highest BCUT2D eigenvalue weighted by atomic mass is 32.1. The zero-order valence-electron chi connectivity index (χ0n) is 15.9. The van der Waals surface area contributed by atoms with Crippen LogP contribution in [0, 0.1) is 0 Å². The fourth-order valence-electron chi connectivity index (χ4n) is 4.42. The molecule has 2 aliphatic heterocycles. The minimum absolute atomic E-state index is 0.0830. The van der Waals surface area contributed by atoms with Gasteiger partial charge in [0.05, 0.1) is 18.9 Å². The van der Waals surface area contributed by atoms with Crippen molar-refractivity contribution in [2.75, 3.05) is 25.1 Å². The Labute approximate surface area is 170 Å². The first kappa shape index (κ1) is 18.0. The van der Waals surface area contributed by atoms with Crippen LogP contribution in [0.5, 0.6) is 0 Å². The van der Waals surface area contributed by atoms with Crippen molar-refractivity contribution < 1.29 is 14.3 Å². The van der Waals surface area contributed by atoms with Gasteiger partial charge in [-0.2, -0.15) is 0 Å². The van der Waals surface area contributed by atoms with Gasteiger partial charge in [0, 0.05) is 31.4 Å². The van der Waals surface area contributed by atoms with E-state index < -0.39 is 5.97 Å². The molecule has 3 aromatic rings. The lowest BCUT2D eigenvalue weighted by Gasteiger charge is -2.41. The Morgan fingerprint density at radius 3 is 2.76 bits per heavy atom. The molecule has 29 heavy (non-hydrogen) atoms. The fourth-order valence-corrected chi connectivity index (χ4v) is 5.22. The van der Waals surface area contributed by atoms with E-state index in [9.17, 15) is 9.59 Å². The number of piperazine rings is 1. The molecular formula is C19H20N6O3S. The highest BCUT2D eigenvalue weighted by molar-refractivity contribution is 7.14. The zero-order chi connectivity index (χ0) is 20.0. The zero-order valence-corrected chi connectivity index (χ0v) is 16.7. The number of esters is 1. The maximum absolute atomic E-state index is 13.1. The fraction of sp³-hybridized carbons (Fsp3) is 0.421. The van der Waals surface area contributed by atoms with E-state index in [0.717, 1.165) is 29.0 Å². The predicted molar refractivity (Wildman–Crippen MR) is 107 cm³/mol. The van der Waals surface area contributed by atoms with Crippen LogP contribution in [-0.2, 0) is 16.1 Å². The predicted octanol–water partition coefficient (Wildman–Crippen LogP) is 1.55. The molecule has 2 bridgehead atoms. The van der Waals surface area contributed by atoms with Crippen LogP contribution in [-0.4, -0.2) is 68.6 Å². The van der Waals surface area contributed by atoms with Gasteiger partial charge in [0.15, 0.2) is 11.3 Å². The number of hydrogen-bond acceptors (Lipinski definition) is 8. The van der Waals surface area contributed by atoms with Gasteiger partial charge >= 0.3 is 5.97 Å². The Morgan fingerprint density at radius 1 is 1.21 bits per heavy atom. The quantitative estimate of drug-likeness (QED) is 0.600. The Bertz CT molecular complexity index is 1060. The first-order valence-corrected chi connectivity index (χ1v) is 10.4. The van der Waals surface area contributed by atoms with E-state index in [4.69, 9.17) is 4.74 Å². The third-order valence-electron chi connectivity index (χ3n) is 5.66. The summed E-state index contributed by atoms with van der Waals surface area (Å²) in [7, 11) is 1.36. The van der Waals surface area contributed by atoms with Crippen molar-refractivity contribution in [1.29, 1.82) is 0 Å². The number of nitrogens with zero attached hydrogens (tertiary/aromatic N) is 6. The van der Waals surface area contributed by atoms with Gasteiger partial charge in [0.1, 0.15) is 17.1 Å². The molecule has 5 rings (SSSR count). The second-order valence-corrected chi connectivity index (χ2v) is 8.14. The van der Waals surface area contributed by atoms with Crippen LogP contribution in [0.4, 0.5) is 5.00 Å². The van der Waals surface area contributed by atoms with Gasteiger partial charge < -0.3 is 19.1 Å². The number of aromatic nitrogens is 4. The molecule has 0 spiro atoms. The Kier molecular flexibility index (Phi) is 4.42. The third-order valence-corrected chi connectivity index (χ3v) is 6.55. The van der Waals surface area contributed by atoms with Crippen LogP contribution in [0.2, 0.25) is 0 Å². The second-order valence-electron chi connectivity index (χ2n) is 7.31. The molecule has 0 saturated carbocycles. The van der Waals surface area contributed by atoms with Crippen LogP contribution in [0.25, 0.3) is 11.2 Å². The minimum atomic E-state index is -0.424. The summed E-state index contributed by atoms with van der Waals surface area (Å²) in [4.78, 5) is 42.1. The monoisotopic (exact) mass is 412 g/mol. The summed E-state index contributed by atoms with van der Waals surface area (Å²) in [6.07, 6.45) is 5.31. The third kappa shape index (κ3) is 3.03. The normalized spacial score (nSPS) is 21.0. The first-order valence-electron chi connectivity index (χ1n) is 9.49. The van der Waals surface area contributed by atoms with E-state index in [2.05, 4.69) is 19.9 Å². The number of rotatable bonds is 4. The molecule has 2 unspecified atom stereocenters. The van der Waals surface area contributed by atoms with Crippen molar-refractivity contribution in [2.45, 2.75) is 31.5 Å². The van der Waals surface area contributed by atoms with Gasteiger partial charge in [0.2, 0.25) is 5.91 Å². The van der Waals surface area contributed by atoms with Crippen LogP contribution in [0.15, 0.2) is 30.2 Å². The van der Waals surface area contributed by atoms with Gasteiger partial charge in [0.25, 0.3) is 0 Å². The molecule has 0 radical (unpaired) electrons. The molecule has 2 aliphatic rings.